The standard InChI is InChI=1S/C11H14ClNO2/c1-13-10(12)6-9(7-11(13)14)8-2-4-15-5-3-8/h6-8H,2-5H2,1H3. The van der Waals surface area contributed by atoms with Crippen LogP contribution in [-0.2, 0) is 11.8 Å². The number of rotatable bonds is 1. The van der Waals surface area contributed by atoms with Crippen molar-refractivity contribution in [3.63, 3.8) is 0 Å². The Morgan fingerprint density at radius 2 is 2.07 bits per heavy atom. The number of aromatic nitrogens is 1. The van der Waals surface area contributed by atoms with Gasteiger partial charge in [-0.2, -0.15) is 0 Å². The van der Waals surface area contributed by atoms with Crippen LogP contribution >= 0.6 is 11.6 Å². The molecular weight excluding hydrogens is 214 g/mol. The van der Waals surface area contributed by atoms with E-state index < -0.39 is 0 Å². The molecule has 4 heteroatoms. The summed E-state index contributed by atoms with van der Waals surface area (Å²) >= 11 is 5.97. The molecule has 0 saturated carbocycles. The average molecular weight is 228 g/mol. The van der Waals surface area contributed by atoms with E-state index in [9.17, 15) is 4.79 Å². The third-order valence-corrected chi connectivity index (χ3v) is 3.28. The molecule has 0 aromatic carbocycles. The van der Waals surface area contributed by atoms with Crippen LogP contribution in [0.5, 0.6) is 0 Å². The van der Waals surface area contributed by atoms with Crippen LogP contribution in [-0.4, -0.2) is 17.8 Å². The second-order valence-electron chi connectivity index (χ2n) is 3.90. The minimum Gasteiger partial charge on any atom is -0.381 e. The smallest absolute Gasteiger partial charge is 0.251 e. The van der Waals surface area contributed by atoms with Crippen molar-refractivity contribution in [2.45, 2.75) is 18.8 Å². The van der Waals surface area contributed by atoms with Gasteiger partial charge in [-0.05, 0) is 30.4 Å². The number of halogens is 1. The maximum Gasteiger partial charge on any atom is 0.251 e. The van der Waals surface area contributed by atoms with Gasteiger partial charge in [-0.1, -0.05) is 11.6 Å². The quantitative estimate of drug-likeness (QED) is 0.687. The van der Waals surface area contributed by atoms with Crippen LogP contribution in [0.4, 0.5) is 0 Å². The van der Waals surface area contributed by atoms with Crippen LogP contribution in [0.3, 0.4) is 0 Å². The summed E-state index contributed by atoms with van der Waals surface area (Å²) in [4.78, 5) is 11.6. The summed E-state index contributed by atoms with van der Waals surface area (Å²) < 4.78 is 6.74. The van der Waals surface area contributed by atoms with Gasteiger partial charge in [0.2, 0.25) is 0 Å². The molecule has 0 aliphatic carbocycles. The van der Waals surface area contributed by atoms with Crippen LogP contribution in [0.25, 0.3) is 0 Å². The minimum absolute atomic E-state index is 0.0380. The van der Waals surface area contributed by atoms with E-state index in [4.69, 9.17) is 16.3 Å². The molecule has 3 nitrogen and oxygen atoms in total. The minimum atomic E-state index is -0.0380. The molecule has 0 N–H and O–H groups in total. The molecule has 0 atom stereocenters. The summed E-state index contributed by atoms with van der Waals surface area (Å²) in [6.45, 7) is 1.55. The molecule has 2 heterocycles. The first-order valence-corrected chi connectivity index (χ1v) is 5.50. The molecule has 0 spiro atoms. The lowest BCUT2D eigenvalue weighted by Crippen LogP contribution is -2.20. The molecule has 0 amide bonds. The third kappa shape index (κ3) is 2.24. The van der Waals surface area contributed by atoms with Gasteiger partial charge < -0.3 is 9.30 Å². The average Bonchev–Trinajstić information content (AvgIpc) is 2.26. The lowest BCUT2D eigenvalue weighted by molar-refractivity contribution is 0.0853. The lowest BCUT2D eigenvalue weighted by Gasteiger charge is -2.22. The first kappa shape index (κ1) is 10.7. The lowest BCUT2D eigenvalue weighted by atomic mass is 9.92. The summed E-state index contributed by atoms with van der Waals surface area (Å²) in [5.41, 5.74) is 1.01. The van der Waals surface area contributed by atoms with Gasteiger partial charge in [-0.25, -0.2) is 0 Å². The van der Waals surface area contributed by atoms with Crippen LogP contribution in [0.15, 0.2) is 16.9 Å². The Kier molecular flexibility index (Phi) is 3.12. The molecule has 1 saturated heterocycles. The number of hydrogen-bond acceptors (Lipinski definition) is 2. The van der Waals surface area contributed by atoms with Gasteiger partial charge in [0.25, 0.3) is 5.56 Å². The molecule has 1 aliphatic rings. The van der Waals surface area contributed by atoms with Gasteiger partial charge in [0, 0.05) is 26.3 Å². The highest BCUT2D eigenvalue weighted by Gasteiger charge is 2.17. The summed E-state index contributed by atoms with van der Waals surface area (Å²) in [6.07, 6.45) is 1.95. The first-order valence-electron chi connectivity index (χ1n) is 5.12. The number of nitrogens with zero attached hydrogens (tertiary/aromatic N) is 1. The number of ether oxygens (including phenoxy) is 1. The fourth-order valence-corrected chi connectivity index (χ4v) is 2.10. The van der Waals surface area contributed by atoms with E-state index in [0.29, 0.717) is 11.1 Å². The predicted octanol–water partition coefficient (Wildman–Crippen LogP) is 1.93. The molecule has 15 heavy (non-hydrogen) atoms. The molecule has 1 fully saturated rings. The second kappa shape index (κ2) is 4.37. The highest BCUT2D eigenvalue weighted by molar-refractivity contribution is 6.29. The van der Waals surface area contributed by atoms with Crippen molar-refractivity contribution in [3.8, 4) is 0 Å². The zero-order valence-electron chi connectivity index (χ0n) is 8.70. The van der Waals surface area contributed by atoms with Crippen molar-refractivity contribution >= 4 is 11.6 Å². The molecule has 1 aliphatic heterocycles. The van der Waals surface area contributed by atoms with E-state index in [2.05, 4.69) is 0 Å². The van der Waals surface area contributed by atoms with E-state index in [1.807, 2.05) is 6.07 Å². The van der Waals surface area contributed by atoms with Gasteiger partial charge in [0.1, 0.15) is 5.15 Å². The van der Waals surface area contributed by atoms with E-state index in [1.54, 1.807) is 13.1 Å². The van der Waals surface area contributed by atoms with Crippen LogP contribution in [0, 0.1) is 0 Å². The monoisotopic (exact) mass is 227 g/mol. The maximum atomic E-state index is 11.6. The largest absolute Gasteiger partial charge is 0.381 e. The van der Waals surface area contributed by atoms with E-state index in [-0.39, 0.29) is 5.56 Å². The molecule has 0 unspecified atom stereocenters. The van der Waals surface area contributed by atoms with Gasteiger partial charge in [0.05, 0.1) is 0 Å². The predicted molar refractivity (Wildman–Crippen MR) is 59.5 cm³/mol. The van der Waals surface area contributed by atoms with E-state index >= 15 is 0 Å². The third-order valence-electron chi connectivity index (χ3n) is 2.92. The zero-order valence-corrected chi connectivity index (χ0v) is 9.46. The van der Waals surface area contributed by atoms with Crippen LogP contribution in [0.1, 0.15) is 24.3 Å². The van der Waals surface area contributed by atoms with Crippen molar-refractivity contribution in [2.75, 3.05) is 13.2 Å². The highest BCUT2D eigenvalue weighted by atomic mass is 35.5. The molecule has 2 rings (SSSR count). The first-order chi connectivity index (χ1) is 7.18. The maximum absolute atomic E-state index is 11.6. The van der Waals surface area contributed by atoms with Gasteiger partial charge >= 0.3 is 0 Å². The highest BCUT2D eigenvalue weighted by Crippen LogP contribution is 2.27. The summed E-state index contributed by atoms with van der Waals surface area (Å²) in [6, 6.07) is 3.57. The summed E-state index contributed by atoms with van der Waals surface area (Å²) in [5, 5.41) is 0.504. The zero-order chi connectivity index (χ0) is 10.8. The Morgan fingerprint density at radius 3 is 2.67 bits per heavy atom. The molecule has 0 radical (unpaired) electrons. The topological polar surface area (TPSA) is 31.2 Å². The van der Waals surface area contributed by atoms with Crippen molar-refractivity contribution in [1.82, 2.24) is 4.57 Å². The summed E-state index contributed by atoms with van der Waals surface area (Å²) in [5.74, 6) is 0.421. The Morgan fingerprint density at radius 1 is 1.40 bits per heavy atom. The Hall–Kier alpha value is -0.800. The van der Waals surface area contributed by atoms with Crippen LogP contribution < -0.4 is 5.56 Å². The van der Waals surface area contributed by atoms with E-state index in [1.165, 1.54) is 4.57 Å². The second-order valence-corrected chi connectivity index (χ2v) is 4.28. The molecular formula is C11H14ClNO2. The van der Waals surface area contributed by atoms with Crippen molar-refractivity contribution in [1.29, 1.82) is 0 Å². The molecule has 1 aromatic heterocycles. The Balaban J connectivity index is 2.32. The normalized spacial score (nSPS) is 18.0. The molecule has 1 aromatic rings. The molecule has 0 bridgehead atoms. The van der Waals surface area contributed by atoms with Crippen molar-refractivity contribution < 1.29 is 4.74 Å². The summed E-state index contributed by atoms with van der Waals surface area (Å²) in [7, 11) is 1.68. The van der Waals surface area contributed by atoms with Gasteiger partial charge in [0.15, 0.2) is 0 Å². The van der Waals surface area contributed by atoms with Crippen molar-refractivity contribution in [2.24, 2.45) is 7.05 Å². The number of hydrogen-bond donors (Lipinski definition) is 0. The van der Waals surface area contributed by atoms with Gasteiger partial charge in [-0.15, -0.1) is 0 Å². The number of pyridine rings is 1. The van der Waals surface area contributed by atoms with E-state index in [0.717, 1.165) is 31.6 Å². The van der Waals surface area contributed by atoms with Crippen molar-refractivity contribution in [3.05, 3.63) is 33.2 Å². The Bertz CT molecular complexity index is 408. The van der Waals surface area contributed by atoms with Crippen LogP contribution in [0.2, 0.25) is 5.15 Å². The van der Waals surface area contributed by atoms with Gasteiger partial charge in [-0.3, -0.25) is 4.79 Å². The fourth-order valence-electron chi connectivity index (χ4n) is 1.89. The fraction of sp³-hybridized carbons (Fsp3) is 0.545. The Labute approximate surface area is 93.6 Å². The SMILES string of the molecule is Cn1c(Cl)cc(C2CCOCC2)cc1=O. The molecule has 82 valence electrons.